The molecule has 1 aliphatic rings. The van der Waals surface area contributed by atoms with E-state index < -0.39 is 5.60 Å². The highest BCUT2D eigenvalue weighted by Gasteiger charge is 2.39. The van der Waals surface area contributed by atoms with E-state index in [2.05, 4.69) is 0 Å². The molecule has 0 fully saturated rings. The van der Waals surface area contributed by atoms with Crippen LogP contribution in [0.25, 0.3) is 0 Å². The average molecular weight is 268 g/mol. The van der Waals surface area contributed by atoms with Gasteiger partial charge in [0, 0.05) is 32.4 Å². The van der Waals surface area contributed by atoms with E-state index in [1.54, 1.807) is 19.3 Å². The molecule has 0 heterocycles. The van der Waals surface area contributed by atoms with Crippen molar-refractivity contribution in [2.24, 2.45) is 0 Å². The predicted octanol–water partition coefficient (Wildman–Crippen LogP) is 1.77. The molecule has 0 aliphatic heterocycles. The normalized spacial score (nSPS) is 22.3. The summed E-state index contributed by atoms with van der Waals surface area (Å²) in [5, 5.41) is 0. The smallest absolute Gasteiger partial charge is 0.169 e. The van der Waals surface area contributed by atoms with E-state index in [0.29, 0.717) is 30.8 Å². The third-order valence-corrected chi connectivity index (χ3v) is 3.18. The second-order valence-electron chi connectivity index (χ2n) is 4.32. The summed E-state index contributed by atoms with van der Waals surface area (Å²) in [5.74, 6) is 1.09. The van der Waals surface area contributed by atoms with Gasteiger partial charge >= 0.3 is 0 Å². The van der Waals surface area contributed by atoms with E-state index in [4.69, 9.17) is 14.2 Å². The van der Waals surface area contributed by atoms with Gasteiger partial charge < -0.3 is 19.0 Å². The predicted molar refractivity (Wildman–Crippen MR) is 69.5 cm³/mol. The number of carbonyl (C=O) groups is 2. The lowest BCUT2D eigenvalue weighted by Gasteiger charge is -2.31. The standard InChI is InChI=1S/C14H20O5/c1-17-11-8-12(18-2)10-14(9-11,19-3)13(16)6-4-5-7-15/h7-9H,4-6,10H2,1-3H3. The summed E-state index contributed by atoms with van der Waals surface area (Å²) in [6.07, 6.45) is 5.73. The first-order chi connectivity index (χ1) is 9.11. The number of methoxy groups -OCH3 is 3. The zero-order valence-corrected chi connectivity index (χ0v) is 11.6. The molecule has 0 amide bonds. The van der Waals surface area contributed by atoms with Crippen LogP contribution in [0.4, 0.5) is 0 Å². The topological polar surface area (TPSA) is 61.8 Å². The molecule has 0 aromatic heterocycles. The molecule has 1 aliphatic carbocycles. The Balaban J connectivity index is 2.90. The monoisotopic (exact) mass is 268 g/mol. The van der Waals surface area contributed by atoms with Crippen molar-refractivity contribution < 1.29 is 23.8 Å². The molecule has 1 rings (SSSR count). The summed E-state index contributed by atoms with van der Waals surface area (Å²) >= 11 is 0. The number of rotatable bonds is 8. The van der Waals surface area contributed by atoms with Gasteiger partial charge in [0.05, 0.1) is 14.2 Å². The first-order valence-electron chi connectivity index (χ1n) is 6.15. The van der Waals surface area contributed by atoms with Crippen molar-refractivity contribution in [3.8, 4) is 0 Å². The molecule has 0 spiro atoms. The van der Waals surface area contributed by atoms with Crippen LogP contribution in [0.2, 0.25) is 0 Å². The maximum atomic E-state index is 12.3. The van der Waals surface area contributed by atoms with Crippen LogP contribution in [-0.2, 0) is 23.8 Å². The lowest BCUT2D eigenvalue weighted by Crippen LogP contribution is -2.41. The van der Waals surface area contributed by atoms with Crippen LogP contribution >= 0.6 is 0 Å². The molecule has 19 heavy (non-hydrogen) atoms. The van der Waals surface area contributed by atoms with Crippen LogP contribution in [0.5, 0.6) is 0 Å². The van der Waals surface area contributed by atoms with Gasteiger partial charge in [0.1, 0.15) is 17.8 Å². The Morgan fingerprint density at radius 2 is 2.11 bits per heavy atom. The van der Waals surface area contributed by atoms with Crippen molar-refractivity contribution in [1.82, 2.24) is 0 Å². The zero-order valence-electron chi connectivity index (χ0n) is 11.6. The fraction of sp³-hybridized carbons (Fsp3) is 0.571. The number of carbonyl (C=O) groups excluding carboxylic acids is 2. The van der Waals surface area contributed by atoms with Gasteiger partial charge in [0.2, 0.25) is 0 Å². The number of hydrogen-bond acceptors (Lipinski definition) is 5. The lowest BCUT2D eigenvalue weighted by atomic mass is 9.86. The van der Waals surface area contributed by atoms with Gasteiger partial charge in [-0.2, -0.15) is 0 Å². The van der Waals surface area contributed by atoms with Crippen molar-refractivity contribution in [2.45, 2.75) is 31.3 Å². The molecule has 106 valence electrons. The van der Waals surface area contributed by atoms with Crippen molar-refractivity contribution in [3.05, 3.63) is 23.7 Å². The summed E-state index contributed by atoms with van der Waals surface area (Å²) in [7, 11) is 4.56. The molecule has 0 radical (unpaired) electrons. The first-order valence-corrected chi connectivity index (χ1v) is 6.15. The largest absolute Gasteiger partial charge is 0.501 e. The van der Waals surface area contributed by atoms with E-state index in [1.165, 1.54) is 14.2 Å². The molecule has 0 saturated carbocycles. The van der Waals surface area contributed by atoms with Gasteiger partial charge in [0.25, 0.3) is 0 Å². The summed E-state index contributed by atoms with van der Waals surface area (Å²) in [4.78, 5) is 22.6. The van der Waals surface area contributed by atoms with Crippen molar-refractivity contribution in [3.63, 3.8) is 0 Å². The number of hydrogen-bond donors (Lipinski definition) is 0. The zero-order chi connectivity index (χ0) is 14.3. The molecule has 5 nitrogen and oxygen atoms in total. The summed E-state index contributed by atoms with van der Waals surface area (Å²) < 4.78 is 15.8. The minimum absolute atomic E-state index is 0.0750. The highest BCUT2D eigenvalue weighted by Crippen LogP contribution is 2.32. The lowest BCUT2D eigenvalue weighted by molar-refractivity contribution is -0.137. The Hall–Kier alpha value is -1.62. The number of ketones is 1. The van der Waals surface area contributed by atoms with Crippen LogP contribution in [0.15, 0.2) is 23.7 Å². The molecule has 0 bridgehead atoms. The second-order valence-corrected chi connectivity index (χ2v) is 4.32. The SMILES string of the molecule is COC1=CC(OC)(C(=O)CCCC=O)CC(OC)=C1. The van der Waals surface area contributed by atoms with Gasteiger partial charge in [-0.05, 0) is 12.5 Å². The molecule has 5 heteroatoms. The van der Waals surface area contributed by atoms with Crippen LogP contribution < -0.4 is 0 Å². The fourth-order valence-corrected chi connectivity index (χ4v) is 2.02. The molecular formula is C14H20O5. The van der Waals surface area contributed by atoms with E-state index in [0.717, 1.165) is 6.29 Å². The maximum Gasteiger partial charge on any atom is 0.169 e. The summed E-state index contributed by atoms with van der Waals surface area (Å²) in [6, 6.07) is 0. The van der Waals surface area contributed by atoms with E-state index in [1.807, 2.05) is 0 Å². The average Bonchev–Trinajstić information content (AvgIpc) is 2.46. The summed E-state index contributed by atoms with van der Waals surface area (Å²) in [6.45, 7) is 0. The Bertz CT molecular complexity index is 397. The quantitative estimate of drug-likeness (QED) is 0.496. The third kappa shape index (κ3) is 3.67. The third-order valence-electron chi connectivity index (χ3n) is 3.18. The van der Waals surface area contributed by atoms with Crippen molar-refractivity contribution in [1.29, 1.82) is 0 Å². The highest BCUT2D eigenvalue weighted by atomic mass is 16.5. The first kappa shape index (κ1) is 15.4. The molecule has 1 atom stereocenters. The highest BCUT2D eigenvalue weighted by molar-refractivity contribution is 5.90. The van der Waals surface area contributed by atoms with E-state index in [-0.39, 0.29) is 12.2 Å². The van der Waals surface area contributed by atoms with Crippen molar-refractivity contribution in [2.75, 3.05) is 21.3 Å². The van der Waals surface area contributed by atoms with Crippen LogP contribution in [-0.4, -0.2) is 39.0 Å². The second kappa shape index (κ2) is 7.09. The minimum Gasteiger partial charge on any atom is -0.501 e. The maximum absolute atomic E-state index is 12.3. The molecular weight excluding hydrogens is 248 g/mol. The van der Waals surface area contributed by atoms with Crippen LogP contribution in [0, 0.1) is 0 Å². The fourth-order valence-electron chi connectivity index (χ4n) is 2.02. The van der Waals surface area contributed by atoms with E-state index >= 15 is 0 Å². The number of ether oxygens (including phenoxy) is 3. The van der Waals surface area contributed by atoms with Gasteiger partial charge in [-0.3, -0.25) is 4.79 Å². The minimum atomic E-state index is -1.06. The Labute approximate surface area is 113 Å². The molecule has 0 N–H and O–H groups in total. The number of aldehydes is 1. The van der Waals surface area contributed by atoms with Crippen molar-refractivity contribution >= 4 is 12.1 Å². The number of allylic oxidation sites excluding steroid dienone is 1. The van der Waals surface area contributed by atoms with E-state index in [9.17, 15) is 9.59 Å². The van der Waals surface area contributed by atoms with Crippen LogP contribution in [0.3, 0.4) is 0 Å². The summed E-state index contributed by atoms with van der Waals surface area (Å²) in [5.41, 5.74) is -1.06. The number of Topliss-reactive ketones (excluding diaryl/α,β-unsaturated/α-hetero) is 1. The number of unbranched alkanes of at least 4 members (excludes halogenated alkanes) is 1. The molecule has 0 aromatic carbocycles. The Morgan fingerprint density at radius 3 is 2.63 bits per heavy atom. The Kier molecular flexibility index (Phi) is 5.76. The van der Waals surface area contributed by atoms with Gasteiger partial charge in [0.15, 0.2) is 11.4 Å². The van der Waals surface area contributed by atoms with Gasteiger partial charge in [-0.25, -0.2) is 0 Å². The molecule has 1 unspecified atom stereocenters. The Morgan fingerprint density at radius 1 is 1.37 bits per heavy atom. The van der Waals surface area contributed by atoms with Gasteiger partial charge in [-0.1, -0.05) is 0 Å². The van der Waals surface area contributed by atoms with Crippen LogP contribution in [0.1, 0.15) is 25.7 Å². The molecule has 0 saturated heterocycles. The molecule has 0 aromatic rings. The van der Waals surface area contributed by atoms with Gasteiger partial charge in [-0.15, -0.1) is 0 Å².